The van der Waals surface area contributed by atoms with Crippen molar-refractivity contribution in [1.82, 2.24) is 10.3 Å². The summed E-state index contributed by atoms with van der Waals surface area (Å²) in [6.07, 6.45) is 5.37. The van der Waals surface area contributed by atoms with E-state index >= 15 is 0 Å². The third kappa shape index (κ3) is 3.58. The molecule has 1 fully saturated rings. The zero-order valence-electron chi connectivity index (χ0n) is 13.5. The van der Waals surface area contributed by atoms with Gasteiger partial charge in [-0.25, -0.2) is 4.98 Å². The molecule has 24 heavy (non-hydrogen) atoms. The van der Waals surface area contributed by atoms with Crippen molar-refractivity contribution in [1.29, 1.82) is 0 Å². The molecule has 1 saturated heterocycles. The quantitative estimate of drug-likeness (QED) is 0.868. The number of carbonyl (C=O) groups excluding carboxylic acids is 1. The number of amides is 1. The number of morpholine rings is 1. The molecule has 0 aliphatic carbocycles. The first kappa shape index (κ1) is 16.5. The van der Waals surface area contributed by atoms with Crippen LogP contribution in [0.15, 0.2) is 30.3 Å². The Morgan fingerprint density at radius 1 is 1.38 bits per heavy atom. The molecule has 0 radical (unpaired) electrons. The van der Waals surface area contributed by atoms with Crippen molar-refractivity contribution >= 4 is 22.4 Å². The number of anilines is 1. The van der Waals surface area contributed by atoms with Crippen molar-refractivity contribution in [3.8, 4) is 23.6 Å². The maximum absolute atomic E-state index is 12.6. The summed E-state index contributed by atoms with van der Waals surface area (Å²) in [5.41, 5.74) is 1.62. The molecule has 0 spiro atoms. The average Bonchev–Trinajstić information content (AvgIpc) is 3.08. The molecule has 2 aromatic rings. The molecule has 3 rings (SSSR count). The summed E-state index contributed by atoms with van der Waals surface area (Å²) < 4.78 is 5.39. The topological polar surface area (TPSA) is 54.5 Å². The molecular formula is C18H19N3O2S. The first-order valence-electron chi connectivity index (χ1n) is 7.85. The van der Waals surface area contributed by atoms with Crippen LogP contribution >= 0.6 is 11.3 Å². The lowest BCUT2D eigenvalue weighted by atomic mass is 10.1. The van der Waals surface area contributed by atoms with Crippen LogP contribution in [-0.2, 0) is 4.74 Å². The minimum absolute atomic E-state index is 0.184. The third-order valence-corrected chi connectivity index (χ3v) is 4.86. The summed E-state index contributed by atoms with van der Waals surface area (Å²) in [6, 6.07) is 9.41. The van der Waals surface area contributed by atoms with E-state index in [1.54, 1.807) is 6.92 Å². The molecule has 0 saturated carbocycles. The average molecular weight is 341 g/mol. The van der Waals surface area contributed by atoms with E-state index in [9.17, 15) is 4.79 Å². The van der Waals surface area contributed by atoms with Crippen molar-refractivity contribution in [2.75, 3.05) is 31.2 Å². The van der Waals surface area contributed by atoms with E-state index in [-0.39, 0.29) is 11.9 Å². The SMILES string of the molecule is C#CC(C)NC(=O)c1sc(N2CCOCC2)nc1-c1ccccc1. The summed E-state index contributed by atoms with van der Waals surface area (Å²) in [6.45, 7) is 4.70. The van der Waals surface area contributed by atoms with Crippen LogP contribution in [0.4, 0.5) is 5.13 Å². The van der Waals surface area contributed by atoms with Gasteiger partial charge >= 0.3 is 0 Å². The second-order valence-corrected chi connectivity index (χ2v) is 6.48. The normalized spacial score (nSPS) is 15.6. The maximum Gasteiger partial charge on any atom is 0.264 e. The van der Waals surface area contributed by atoms with Crippen molar-refractivity contribution in [2.24, 2.45) is 0 Å². The molecule has 1 aliphatic rings. The summed E-state index contributed by atoms with van der Waals surface area (Å²) in [5.74, 6) is 2.34. The van der Waals surface area contributed by atoms with E-state index in [0.29, 0.717) is 23.8 Å². The molecule has 1 amide bonds. The fraction of sp³-hybridized carbons (Fsp3) is 0.333. The van der Waals surface area contributed by atoms with Gasteiger partial charge in [-0.2, -0.15) is 0 Å². The van der Waals surface area contributed by atoms with Gasteiger partial charge in [-0.05, 0) is 6.92 Å². The number of nitrogens with zero attached hydrogens (tertiary/aromatic N) is 2. The second kappa shape index (κ2) is 7.47. The van der Waals surface area contributed by atoms with Crippen LogP contribution in [0.3, 0.4) is 0 Å². The first-order valence-corrected chi connectivity index (χ1v) is 8.66. The Bertz CT molecular complexity index is 745. The summed E-state index contributed by atoms with van der Waals surface area (Å²) >= 11 is 1.40. The number of ether oxygens (including phenoxy) is 1. The molecule has 1 aliphatic heterocycles. The molecular weight excluding hydrogens is 322 g/mol. The molecule has 1 N–H and O–H groups in total. The molecule has 2 heterocycles. The van der Waals surface area contributed by atoms with Crippen LogP contribution in [0.2, 0.25) is 0 Å². The van der Waals surface area contributed by atoms with E-state index in [0.717, 1.165) is 23.8 Å². The number of nitrogens with one attached hydrogen (secondary N) is 1. The van der Waals surface area contributed by atoms with Gasteiger partial charge in [-0.3, -0.25) is 4.79 Å². The van der Waals surface area contributed by atoms with Gasteiger partial charge in [-0.1, -0.05) is 47.6 Å². The maximum atomic E-state index is 12.6. The fourth-order valence-electron chi connectivity index (χ4n) is 2.45. The Hall–Kier alpha value is -2.36. The third-order valence-electron chi connectivity index (χ3n) is 3.75. The van der Waals surface area contributed by atoms with E-state index in [1.807, 2.05) is 30.3 Å². The predicted molar refractivity (Wildman–Crippen MR) is 96.3 cm³/mol. The lowest BCUT2D eigenvalue weighted by Crippen LogP contribution is -2.36. The van der Waals surface area contributed by atoms with Gasteiger partial charge in [0, 0.05) is 18.7 Å². The van der Waals surface area contributed by atoms with E-state index < -0.39 is 0 Å². The number of hydrogen-bond acceptors (Lipinski definition) is 5. The van der Waals surface area contributed by atoms with Gasteiger partial charge in [0.05, 0.1) is 24.9 Å². The molecule has 124 valence electrons. The van der Waals surface area contributed by atoms with Gasteiger partial charge in [-0.15, -0.1) is 6.42 Å². The molecule has 1 aromatic heterocycles. The lowest BCUT2D eigenvalue weighted by Gasteiger charge is -2.26. The molecule has 1 unspecified atom stereocenters. The lowest BCUT2D eigenvalue weighted by molar-refractivity contribution is 0.0952. The molecule has 1 atom stereocenters. The van der Waals surface area contributed by atoms with Gasteiger partial charge in [0.25, 0.3) is 5.91 Å². The number of thiazole rings is 1. The van der Waals surface area contributed by atoms with Gasteiger partial charge < -0.3 is 15.0 Å². The number of terminal acetylenes is 1. The highest BCUT2D eigenvalue weighted by Gasteiger charge is 2.23. The van der Waals surface area contributed by atoms with Gasteiger partial charge in [0.1, 0.15) is 4.88 Å². The number of hydrogen-bond donors (Lipinski definition) is 1. The Labute approximate surface area is 145 Å². The molecule has 1 aromatic carbocycles. The number of carbonyl (C=O) groups is 1. The van der Waals surface area contributed by atoms with Gasteiger partial charge in [0.15, 0.2) is 5.13 Å². The van der Waals surface area contributed by atoms with E-state index in [4.69, 9.17) is 16.1 Å². The standard InChI is InChI=1S/C18H19N3O2S/c1-3-13(2)19-17(22)16-15(14-7-5-4-6-8-14)20-18(24-16)21-9-11-23-12-10-21/h1,4-8,13H,9-12H2,2H3,(H,19,22). The smallest absolute Gasteiger partial charge is 0.264 e. The van der Waals surface area contributed by atoms with Crippen molar-refractivity contribution < 1.29 is 9.53 Å². The van der Waals surface area contributed by atoms with Crippen LogP contribution in [-0.4, -0.2) is 43.2 Å². The van der Waals surface area contributed by atoms with Crippen molar-refractivity contribution in [3.05, 3.63) is 35.2 Å². The Morgan fingerprint density at radius 3 is 2.75 bits per heavy atom. The summed E-state index contributed by atoms with van der Waals surface area (Å²) in [5, 5.41) is 3.67. The van der Waals surface area contributed by atoms with Crippen LogP contribution in [0.1, 0.15) is 16.6 Å². The summed E-state index contributed by atoms with van der Waals surface area (Å²) in [4.78, 5) is 20.1. The van der Waals surface area contributed by atoms with E-state index in [2.05, 4.69) is 16.1 Å². The van der Waals surface area contributed by atoms with Crippen molar-refractivity contribution in [3.63, 3.8) is 0 Å². The first-order chi connectivity index (χ1) is 11.7. The van der Waals surface area contributed by atoms with Crippen LogP contribution in [0, 0.1) is 12.3 Å². The van der Waals surface area contributed by atoms with Gasteiger partial charge in [0.2, 0.25) is 0 Å². The monoisotopic (exact) mass is 341 g/mol. The molecule has 5 nitrogen and oxygen atoms in total. The largest absolute Gasteiger partial charge is 0.378 e. The molecule has 6 heteroatoms. The minimum Gasteiger partial charge on any atom is -0.378 e. The number of benzene rings is 1. The Kier molecular flexibility index (Phi) is 5.14. The number of aromatic nitrogens is 1. The minimum atomic E-state index is -0.324. The summed E-state index contributed by atoms with van der Waals surface area (Å²) in [7, 11) is 0. The zero-order valence-corrected chi connectivity index (χ0v) is 14.3. The molecule has 0 bridgehead atoms. The zero-order chi connectivity index (χ0) is 16.9. The highest BCUT2D eigenvalue weighted by atomic mass is 32.1. The van der Waals surface area contributed by atoms with Crippen LogP contribution < -0.4 is 10.2 Å². The second-order valence-electron chi connectivity index (χ2n) is 5.50. The van der Waals surface area contributed by atoms with Crippen LogP contribution in [0.5, 0.6) is 0 Å². The highest BCUT2D eigenvalue weighted by molar-refractivity contribution is 7.18. The fourth-order valence-corrected chi connectivity index (χ4v) is 3.49. The predicted octanol–water partition coefficient (Wildman–Crippen LogP) is 2.40. The Morgan fingerprint density at radius 2 is 2.08 bits per heavy atom. The van der Waals surface area contributed by atoms with Crippen LogP contribution in [0.25, 0.3) is 11.3 Å². The Balaban J connectivity index is 1.97. The van der Waals surface area contributed by atoms with E-state index in [1.165, 1.54) is 11.3 Å². The number of rotatable bonds is 4. The van der Waals surface area contributed by atoms with Crippen molar-refractivity contribution in [2.45, 2.75) is 13.0 Å². The highest BCUT2D eigenvalue weighted by Crippen LogP contribution is 2.33.